The fraction of sp³-hybridized carbons (Fsp3) is 0.833. The van der Waals surface area contributed by atoms with Crippen LogP contribution in [0.1, 0.15) is 39.5 Å². The Morgan fingerprint density at radius 2 is 1.93 bits per heavy atom. The molecule has 0 amide bonds. The summed E-state index contributed by atoms with van der Waals surface area (Å²) in [6.45, 7) is 7.66. The highest BCUT2D eigenvalue weighted by atomic mass is 16.5. The van der Waals surface area contributed by atoms with Crippen LogP contribution < -0.4 is 0 Å². The third-order valence-corrected chi connectivity index (χ3v) is 3.16. The highest BCUT2D eigenvalue weighted by Crippen LogP contribution is 2.28. The first-order valence-electron chi connectivity index (χ1n) is 5.75. The lowest BCUT2D eigenvalue weighted by Crippen LogP contribution is -2.37. The van der Waals surface area contributed by atoms with E-state index in [9.17, 15) is 0 Å². The van der Waals surface area contributed by atoms with Crippen molar-refractivity contribution in [3.05, 3.63) is 11.8 Å². The molecule has 0 bridgehead atoms. The van der Waals surface area contributed by atoms with Crippen LogP contribution in [-0.2, 0) is 4.74 Å². The van der Waals surface area contributed by atoms with E-state index < -0.39 is 0 Å². The van der Waals surface area contributed by atoms with Crippen molar-refractivity contribution in [2.45, 2.75) is 45.1 Å². The van der Waals surface area contributed by atoms with Crippen molar-refractivity contribution in [2.24, 2.45) is 0 Å². The summed E-state index contributed by atoms with van der Waals surface area (Å²) in [6.07, 6.45) is 7.46. The molecule has 0 radical (unpaired) electrons. The van der Waals surface area contributed by atoms with Gasteiger partial charge in [-0.15, -0.1) is 0 Å². The lowest BCUT2D eigenvalue weighted by atomic mass is 9.98. The summed E-state index contributed by atoms with van der Waals surface area (Å²) in [7, 11) is 0. The van der Waals surface area contributed by atoms with Gasteiger partial charge < -0.3 is 9.64 Å². The number of rotatable bonds is 1. The molecule has 0 aromatic rings. The molecule has 2 aliphatic heterocycles. The van der Waals surface area contributed by atoms with E-state index in [0.717, 1.165) is 13.0 Å². The summed E-state index contributed by atoms with van der Waals surface area (Å²) >= 11 is 0. The Labute approximate surface area is 86.9 Å². The summed E-state index contributed by atoms with van der Waals surface area (Å²) in [5, 5.41) is 0. The molecule has 2 aliphatic rings. The SMILES string of the molecule is CC1(C)CC(N2CCCCC2)=CCO1. The molecule has 80 valence electrons. The van der Waals surface area contributed by atoms with Gasteiger partial charge in [-0.05, 0) is 39.2 Å². The number of nitrogens with zero attached hydrogens (tertiary/aromatic N) is 1. The van der Waals surface area contributed by atoms with Crippen LogP contribution in [0.4, 0.5) is 0 Å². The minimum Gasteiger partial charge on any atom is -0.375 e. The first kappa shape index (κ1) is 10.0. The van der Waals surface area contributed by atoms with Crippen molar-refractivity contribution >= 4 is 0 Å². The number of piperidine rings is 1. The van der Waals surface area contributed by atoms with Gasteiger partial charge in [0, 0.05) is 25.2 Å². The van der Waals surface area contributed by atoms with Gasteiger partial charge in [0.15, 0.2) is 0 Å². The van der Waals surface area contributed by atoms with Gasteiger partial charge in [-0.1, -0.05) is 0 Å². The van der Waals surface area contributed by atoms with Gasteiger partial charge in [0.05, 0.1) is 12.2 Å². The summed E-state index contributed by atoms with van der Waals surface area (Å²) in [5.74, 6) is 0. The van der Waals surface area contributed by atoms with Gasteiger partial charge in [0.2, 0.25) is 0 Å². The van der Waals surface area contributed by atoms with Crippen LogP contribution >= 0.6 is 0 Å². The fourth-order valence-electron chi connectivity index (χ4n) is 2.34. The van der Waals surface area contributed by atoms with E-state index in [1.165, 1.54) is 38.0 Å². The second-order valence-corrected chi connectivity index (χ2v) is 4.99. The largest absolute Gasteiger partial charge is 0.375 e. The predicted octanol–water partition coefficient (Wildman–Crippen LogP) is 2.56. The third-order valence-electron chi connectivity index (χ3n) is 3.16. The van der Waals surface area contributed by atoms with E-state index in [-0.39, 0.29) is 5.60 Å². The van der Waals surface area contributed by atoms with Crippen LogP contribution in [0, 0.1) is 0 Å². The molecule has 14 heavy (non-hydrogen) atoms. The molecule has 2 heteroatoms. The zero-order valence-corrected chi connectivity index (χ0v) is 9.38. The first-order chi connectivity index (χ1) is 6.67. The Morgan fingerprint density at radius 3 is 2.57 bits per heavy atom. The Bertz CT molecular complexity index is 226. The first-order valence-corrected chi connectivity index (χ1v) is 5.75. The van der Waals surface area contributed by atoms with Crippen molar-refractivity contribution < 1.29 is 4.74 Å². The maximum atomic E-state index is 5.68. The topological polar surface area (TPSA) is 12.5 Å². The van der Waals surface area contributed by atoms with Gasteiger partial charge in [0.25, 0.3) is 0 Å². The lowest BCUT2D eigenvalue weighted by Gasteiger charge is -2.38. The molecular weight excluding hydrogens is 174 g/mol. The van der Waals surface area contributed by atoms with Crippen molar-refractivity contribution in [1.82, 2.24) is 4.90 Å². The molecule has 0 spiro atoms. The minimum absolute atomic E-state index is 0.0432. The van der Waals surface area contributed by atoms with E-state index in [4.69, 9.17) is 4.74 Å². The van der Waals surface area contributed by atoms with Gasteiger partial charge in [0.1, 0.15) is 0 Å². The monoisotopic (exact) mass is 195 g/mol. The van der Waals surface area contributed by atoms with E-state index >= 15 is 0 Å². The van der Waals surface area contributed by atoms with Gasteiger partial charge in [-0.2, -0.15) is 0 Å². The molecule has 0 N–H and O–H groups in total. The molecular formula is C12H21NO. The van der Waals surface area contributed by atoms with Crippen LogP contribution in [-0.4, -0.2) is 30.2 Å². The molecule has 0 aromatic heterocycles. The molecule has 0 unspecified atom stereocenters. The molecule has 1 saturated heterocycles. The van der Waals surface area contributed by atoms with Crippen molar-refractivity contribution in [2.75, 3.05) is 19.7 Å². The average molecular weight is 195 g/mol. The zero-order chi connectivity index (χ0) is 10.0. The molecule has 1 fully saturated rings. The summed E-state index contributed by atoms with van der Waals surface area (Å²) in [5.41, 5.74) is 1.56. The number of likely N-dealkylation sites (tertiary alicyclic amines) is 1. The molecule has 0 atom stereocenters. The molecule has 0 aromatic carbocycles. The molecule has 2 heterocycles. The lowest BCUT2D eigenvalue weighted by molar-refractivity contribution is -0.0178. The maximum Gasteiger partial charge on any atom is 0.0685 e. The molecule has 0 saturated carbocycles. The molecule has 2 nitrogen and oxygen atoms in total. The summed E-state index contributed by atoms with van der Waals surface area (Å²) in [4.78, 5) is 2.55. The third kappa shape index (κ3) is 2.30. The fourth-order valence-corrected chi connectivity index (χ4v) is 2.34. The van der Waals surface area contributed by atoms with Gasteiger partial charge >= 0.3 is 0 Å². The average Bonchev–Trinajstić information content (AvgIpc) is 2.18. The second kappa shape index (κ2) is 3.93. The minimum atomic E-state index is 0.0432. The second-order valence-electron chi connectivity index (χ2n) is 4.99. The predicted molar refractivity (Wildman–Crippen MR) is 58.2 cm³/mol. The maximum absolute atomic E-state index is 5.68. The highest BCUT2D eigenvalue weighted by molar-refractivity contribution is 5.09. The Hall–Kier alpha value is -0.500. The summed E-state index contributed by atoms with van der Waals surface area (Å²) < 4.78 is 5.68. The van der Waals surface area contributed by atoms with Crippen LogP contribution in [0.5, 0.6) is 0 Å². The summed E-state index contributed by atoms with van der Waals surface area (Å²) in [6, 6.07) is 0. The van der Waals surface area contributed by atoms with Gasteiger partial charge in [-0.25, -0.2) is 0 Å². The van der Waals surface area contributed by atoms with Crippen LogP contribution in [0.25, 0.3) is 0 Å². The zero-order valence-electron chi connectivity index (χ0n) is 9.38. The quantitative estimate of drug-likeness (QED) is 0.637. The molecule has 2 rings (SSSR count). The Morgan fingerprint density at radius 1 is 1.21 bits per heavy atom. The van der Waals surface area contributed by atoms with Crippen molar-refractivity contribution in [3.63, 3.8) is 0 Å². The number of hydrogen-bond donors (Lipinski definition) is 0. The standard InChI is InChI=1S/C12H21NO/c1-12(2)10-11(6-9-14-12)13-7-4-3-5-8-13/h6H,3-5,7-10H2,1-2H3. The van der Waals surface area contributed by atoms with Gasteiger partial charge in [-0.3, -0.25) is 0 Å². The van der Waals surface area contributed by atoms with Crippen LogP contribution in [0.3, 0.4) is 0 Å². The van der Waals surface area contributed by atoms with Crippen LogP contribution in [0.15, 0.2) is 11.8 Å². The van der Waals surface area contributed by atoms with E-state index in [0.29, 0.717) is 0 Å². The van der Waals surface area contributed by atoms with E-state index in [1.807, 2.05) is 0 Å². The van der Waals surface area contributed by atoms with Crippen molar-refractivity contribution in [3.8, 4) is 0 Å². The number of ether oxygens (including phenoxy) is 1. The van der Waals surface area contributed by atoms with E-state index in [1.54, 1.807) is 0 Å². The molecule has 0 aliphatic carbocycles. The Kier molecular flexibility index (Phi) is 2.82. The van der Waals surface area contributed by atoms with Crippen molar-refractivity contribution in [1.29, 1.82) is 0 Å². The van der Waals surface area contributed by atoms with E-state index in [2.05, 4.69) is 24.8 Å². The normalized spacial score (nSPS) is 27.3. The number of hydrogen-bond acceptors (Lipinski definition) is 2. The Balaban J connectivity index is 1.99. The smallest absolute Gasteiger partial charge is 0.0685 e. The highest BCUT2D eigenvalue weighted by Gasteiger charge is 2.26. The van der Waals surface area contributed by atoms with Crippen LogP contribution in [0.2, 0.25) is 0 Å².